The molecule has 1 saturated heterocycles. The molecule has 3 aliphatic rings. The Labute approximate surface area is 157 Å². The molecule has 0 spiro atoms. The molecule has 5 nitrogen and oxygen atoms in total. The van der Waals surface area contributed by atoms with Crippen LogP contribution in [0.1, 0.15) is 64.7 Å². The Hall–Kier alpha value is -1.07. The van der Waals surface area contributed by atoms with Crippen molar-refractivity contribution in [3.63, 3.8) is 0 Å². The number of allylic oxidation sites excluding steroid dienone is 1. The van der Waals surface area contributed by atoms with Crippen LogP contribution < -0.4 is 0 Å². The first kappa shape index (κ1) is 19.7. The largest absolute Gasteiger partial charge is 0.459 e. The van der Waals surface area contributed by atoms with Crippen LogP contribution in [0, 0.1) is 17.8 Å². The van der Waals surface area contributed by atoms with Crippen LogP contribution >= 0.6 is 0 Å². The van der Waals surface area contributed by atoms with Gasteiger partial charge in [-0.25, -0.2) is 0 Å². The summed E-state index contributed by atoms with van der Waals surface area (Å²) in [5, 5.41) is 9.34. The zero-order valence-corrected chi connectivity index (χ0v) is 16.2. The zero-order chi connectivity index (χ0) is 18.4. The Kier molecular flexibility index (Phi) is 7.38. The van der Waals surface area contributed by atoms with Gasteiger partial charge in [0.25, 0.3) is 5.91 Å². The van der Waals surface area contributed by atoms with Crippen molar-refractivity contribution in [2.24, 2.45) is 17.8 Å². The molecule has 3 rings (SSSR count). The van der Waals surface area contributed by atoms with Crippen molar-refractivity contribution < 1.29 is 19.4 Å². The molecule has 0 aromatic heterocycles. The van der Waals surface area contributed by atoms with Gasteiger partial charge >= 0.3 is 0 Å². The number of carbonyl (C=O) groups is 1. The highest BCUT2D eigenvalue weighted by Crippen LogP contribution is 2.42. The maximum atomic E-state index is 12.9. The number of hydrogen-bond donors (Lipinski definition) is 1. The van der Waals surface area contributed by atoms with E-state index in [1.165, 1.54) is 32.1 Å². The number of nitrogens with zero attached hydrogens (tertiary/aromatic N) is 1. The predicted molar refractivity (Wildman–Crippen MR) is 100 cm³/mol. The van der Waals surface area contributed by atoms with Gasteiger partial charge in [-0.3, -0.25) is 4.79 Å². The van der Waals surface area contributed by atoms with Crippen molar-refractivity contribution in [2.45, 2.75) is 71.0 Å². The van der Waals surface area contributed by atoms with E-state index in [0.29, 0.717) is 24.2 Å². The molecule has 3 atom stereocenters. The summed E-state index contributed by atoms with van der Waals surface area (Å²) in [5.74, 6) is 1.67. The Morgan fingerprint density at radius 1 is 1.23 bits per heavy atom. The first-order valence-corrected chi connectivity index (χ1v) is 10.6. The van der Waals surface area contributed by atoms with Crippen LogP contribution in [-0.2, 0) is 14.3 Å². The van der Waals surface area contributed by atoms with Crippen LogP contribution in [0.5, 0.6) is 0 Å². The van der Waals surface area contributed by atoms with Gasteiger partial charge in [0, 0.05) is 32.2 Å². The molecular weight excluding hydrogens is 330 g/mol. The number of likely N-dealkylation sites (tertiary alicyclic amines) is 1. The monoisotopic (exact) mass is 365 g/mol. The lowest BCUT2D eigenvalue weighted by molar-refractivity contribution is -0.179. The molecule has 0 unspecified atom stereocenters. The number of ether oxygens (including phenoxy) is 2. The lowest BCUT2D eigenvalue weighted by atomic mass is 9.71. The molecule has 2 heterocycles. The molecule has 2 fully saturated rings. The highest BCUT2D eigenvalue weighted by atomic mass is 16.7. The Balaban J connectivity index is 1.83. The van der Waals surface area contributed by atoms with Crippen molar-refractivity contribution >= 4 is 5.91 Å². The molecule has 0 bridgehead atoms. The summed E-state index contributed by atoms with van der Waals surface area (Å²) in [6, 6.07) is 0. The number of aliphatic hydroxyl groups excluding tert-OH is 1. The SMILES string of the molecule is CCO[C@@H]1OC(C(=O)N2CCCC2)=C[C@H](C2CCCCC2)[C@H]1CCCO. The number of carbonyl (C=O) groups excluding carboxylic acids is 1. The van der Waals surface area contributed by atoms with Crippen molar-refractivity contribution in [1.82, 2.24) is 4.90 Å². The van der Waals surface area contributed by atoms with E-state index >= 15 is 0 Å². The van der Waals surface area contributed by atoms with Gasteiger partial charge in [-0.2, -0.15) is 0 Å². The molecule has 1 N–H and O–H groups in total. The summed E-state index contributed by atoms with van der Waals surface area (Å²) < 4.78 is 12.0. The summed E-state index contributed by atoms with van der Waals surface area (Å²) in [6.07, 6.45) is 11.9. The third-order valence-electron chi connectivity index (χ3n) is 6.26. The second-order valence-electron chi connectivity index (χ2n) is 7.98. The highest BCUT2D eigenvalue weighted by Gasteiger charge is 2.41. The van der Waals surface area contributed by atoms with Crippen molar-refractivity contribution in [3.05, 3.63) is 11.8 Å². The molecule has 1 saturated carbocycles. The quantitative estimate of drug-likeness (QED) is 0.750. The number of hydrogen-bond acceptors (Lipinski definition) is 4. The fourth-order valence-corrected chi connectivity index (χ4v) is 4.91. The fourth-order valence-electron chi connectivity index (χ4n) is 4.91. The number of amides is 1. The molecule has 0 aromatic rings. The summed E-state index contributed by atoms with van der Waals surface area (Å²) in [6.45, 7) is 4.41. The molecule has 148 valence electrons. The molecule has 2 aliphatic heterocycles. The van der Waals surface area contributed by atoms with Crippen LogP contribution in [0.3, 0.4) is 0 Å². The van der Waals surface area contributed by atoms with Gasteiger partial charge in [0.2, 0.25) is 6.29 Å². The van der Waals surface area contributed by atoms with Gasteiger partial charge in [-0.05, 0) is 63.4 Å². The second-order valence-corrected chi connectivity index (χ2v) is 7.98. The van der Waals surface area contributed by atoms with Crippen LogP contribution in [0.2, 0.25) is 0 Å². The molecule has 0 radical (unpaired) electrons. The molecular formula is C21H35NO4. The van der Waals surface area contributed by atoms with Crippen LogP contribution in [0.4, 0.5) is 0 Å². The van der Waals surface area contributed by atoms with E-state index in [0.717, 1.165) is 38.8 Å². The molecule has 1 amide bonds. The topological polar surface area (TPSA) is 59.0 Å². The smallest absolute Gasteiger partial charge is 0.288 e. The Morgan fingerprint density at radius 3 is 2.62 bits per heavy atom. The average Bonchev–Trinajstić information content (AvgIpc) is 3.21. The summed E-state index contributed by atoms with van der Waals surface area (Å²) in [4.78, 5) is 14.9. The number of aliphatic hydroxyl groups is 1. The first-order valence-electron chi connectivity index (χ1n) is 10.6. The van der Waals surface area contributed by atoms with E-state index in [1.807, 2.05) is 11.8 Å². The van der Waals surface area contributed by atoms with Crippen molar-refractivity contribution in [2.75, 3.05) is 26.3 Å². The summed E-state index contributed by atoms with van der Waals surface area (Å²) in [5.41, 5.74) is 0. The van der Waals surface area contributed by atoms with Crippen LogP contribution in [-0.4, -0.2) is 48.5 Å². The third kappa shape index (κ3) is 4.61. The Bertz CT molecular complexity index is 480. The standard InChI is InChI=1S/C21H35NO4/c1-2-25-21-17(11-8-14-23)18(16-9-4-3-5-10-16)15-19(26-21)20(24)22-12-6-7-13-22/h15-18,21,23H,2-14H2,1H3/t17-,18-,21-/m1/s1. The molecule has 26 heavy (non-hydrogen) atoms. The normalized spacial score (nSPS) is 30.2. The zero-order valence-electron chi connectivity index (χ0n) is 16.2. The average molecular weight is 366 g/mol. The maximum Gasteiger partial charge on any atom is 0.288 e. The van der Waals surface area contributed by atoms with Gasteiger partial charge in [0.05, 0.1) is 0 Å². The first-order chi connectivity index (χ1) is 12.7. The van der Waals surface area contributed by atoms with Gasteiger partial charge < -0.3 is 19.5 Å². The van der Waals surface area contributed by atoms with Crippen molar-refractivity contribution in [3.8, 4) is 0 Å². The van der Waals surface area contributed by atoms with Crippen molar-refractivity contribution in [1.29, 1.82) is 0 Å². The molecule has 0 aromatic carbocycles. The molecule has 5 heteroatoms. The predicted octanol–water partition coefficient (Wildman–Crippen LogP) is 3.47. The van der Waals surface area contributed by atoms with Gasteiger partial charge in [-0.15, -0.1) is 0 Å². The molecule has 1 aliphatic carbocycles. The summed E-state index contributed by atoms with van der Waals surface area (Å²) >= 11 is 0. The van der Waals surface area contributed by atoms with E-state index in [2.05, 4.69) is 6.08 Å². The lowest BCUT2D eigenvalue weighted by Crippen LogP contribution is -2.42. The van der Waals surface area contributed by atoms with E-state index in [4.69, 9.17) is 9.47 Å². The summed E-state index contributed by atoms with van der Waals surface area (Å²) in [7, 11) is 0. The van der Waals surface area contributed by atoms with Gasteiger partial charge in [0.1, 0.15) is 0 Å². The van der Waals surface area contributed by atoms with E-state index < -0.39 is 0 Å². The highest BCUT2D eigenvalue weighted by molar-refractivity contribution is 5.91. The van der Waals surface area contributed by atoms with E-state index in [1.54, 1.807) is 0 Å². The van der Waals surface area contributed by atoms with Gasteiger partial charge in [-0.1, -0.05) is 19.3 Å². The lowest BCUT2D eigenvalue weighted by Gasteiger charge is -2.41. The fraction of sp³-hybridized carbons (Fsp3) is 0.857. The van der Waals surface area contributed by atoms with Crippen LogP contribution in [0.25, 0.3) is 0 Å². The minimum absolute atomic E-state index is 0.0358. The maximum absolute atomic E-state index is 12.9. The van der Waals surface area contributed by atoms with Crippen LogP contribution in [0.15, 0.2) is 11.8 Å². The minimum Gasteiger partial charge on any atom is -0.459 e. The number of rotatable bonds is 7. The minimum atomic E-state index is -0.370. The second kappa shape index (κ2) is 9.75. The van der Waals surface area contributed by atoms with E-state index in [9.17, 15) is 9.90 Å². The third-order valence-corrected chi connectivity index (χ3v) is 6.26. The Morgan fingerprint density at radius 2 is 1.96 bits per heavy atom. The van der Waals surface area contributed by atoms with Gasteiger partial charge in [0.15, 0.2) is 5.76 Å². The van der Waals surface area contributed by atoms with E-state index in [-0.39, 0.29) is 24.7 Å².